The van der Waals surface area contributed by atoms with E-state index in [0.717, 1.165) is 24.0 Å². The predicted molar refractivity (Wildman–Crippen MR) is 79.1 cm³/mol. The summed E-state index contributed by atoms with van der Waals surface area (Å²) in [6.07, 6.45) is 2.13. The van der Waals surface area contributed by atoms with Crippen molar-refractivity contribution >= 4 is 22.4 Å². The zero-order valence-corrected chi connectivity index (χ0v) is 12.9. The van der Waals surface area contributed by atoms with Crippen LogP contribution in [0.3, 0.4) is 0 Å². The van der Waals surface area contributed by atoms with Crippen molar-refractivity contribution in [2.75, 3.05) is 6.54 Å². The molecule has 1 aliphatic carbocycles. The van der Waals surface area contributed by atoms with Crippen molar-refractivity contribution in [3.63, 3.8) is 0 Å². The molecule has 108 valence electrons. The van der Waals surface area contributed by atoms with Gasteiger partial charge in [-0.1, -0.05) is 17.7 Å². The predicted octanol–water partition coefficient (Wildman–Crippen LogP) is 1.74. The first-order valence-corrected chi connectivity index (χ1v) is 7.72. The highest BCUT2D eigenvalue weighted by atomic mass is 35.5. The maximum absolute atomic E-state index is 12.3. The summed E-state index contributed by atoms with van der Waals surface area (Å²) in [5.74, 6) is 0.413. The Morgan fingerprint density at radius 2 is 2.00 bits per heavy atom. The van der Waals surface area contributed by atoms with Gasteiger partial charge in [0.05, 0.1) is 4.90 Å². The Morgan fingerprint density at radius 1 is 1.37 bits per heavy atom. The SMILES string of the molecule is Cc1ccc(S(=O)(=O)NC(CN)C2CC2)c(C)c1.Cl. The lowest BCUT2D eigenvalue weighted by molar-refractivity contribution is 0.519. The second-order valence-corrected chi connectivity index (χ2v) is 6.75. The largest absolute Gasteiger partial charge is 0.329 e. The highest BCUT2D eigenvalue weighted by Gasteiger charge is 2.33. The molecule has 0 radical (unpaired) electrons. The number of hydrogen-bond donors (Lipinski definition) is 2. The van der Waals surface area contributed by atoms with Gasteiger partial charge in [-0.2, -0.15) is 0 Å². The first-order chi connectivity index (χ1) is 8.44. The Bertz CT molecular complexity index is 542. The van der Waals surface area contributed by atoms with Gasteiger partial charge in [-0.05, 0) is 44.2 Å². The molecule has 0 saturated heterocycles. The Morgan fingerprint density at radius 3 is 2.47 bits per heavy atom. The summed E-state index contributed by atoms with van der Waals surface area (Å²) in [6, 6.07) is 5.22. The van der Waals surface area contributed by atoms with Crippen LogP contribution in [0.1, 0.15) is 24.0 Å². The Labute approximate surface area is 121 Å². The number of aryl methyl sites for hydroxylation is 2. The van der Waals surface area contributed by atoms with E-state index in [9.17, 15) is 8.42 Å². The number of rotatable bonds is 5. The summed E-state index contributed by atoms with van der Waals surface area (Å²) in [5, 5.41) is 0. The van der Waals surface area contributed by atoms with Crippen molar-refractivity contribution < 1.29 is 8.42 Å². The first-order valence-electron chi connectivity index (χ1n) is 6.23. The van der Waals surface area contributed by atoms with E-state index in [1.54, 1.807) is 6.07 Å². The third-order valence-corrected chi connectivity index (χ3v) is 5.02. The fourth-order valence-corrected chi connectivity index (χ4v) is 3.74. The van der Waals surface area contributed by atoms with Gasteiger partial charge in [0.15, 0.2) is 0 Å². The third kappa shape index (κ3) is 3.92. The molecule has 1 fully saturated rings. The van der Waals surface area contributed by atoms with Gasteiger partial charge < -0.3 is 5.73 Å². The molecule has 1 atom stereocenters. The molecule has 0 aliphatic heterocycles. The van der Waals surface area contributed by atoms with E-state index in [0.29, 0.717) is 17.4 Å². The minimum absolute atomic E-state index is 0. The van der Waals surface area contributed by atoms with Gasteiger partial charge in [0.1, 0.15) is 0 Å². The first kappa shape index (κ1) is 16.4. The van der Waals surface area contributed by atoms with Crippen LogP contribution in [0.15, 0.2) is 23.1 Å². The molecule has 3 N–H and O–H groups in total. The molecule has 0 heterocycles. The van der Waals surface area contributed by atoms with Crippen LogP contribution in [-0.4, -0.2) is 21.0 Å². The maximum Gasteiger partial charge on any atom is 0.241 e. The fraction of sp³-hybridized carbons (Fsp3) is 0.538. The van der Waals surface area contributed by atoms with Crippen molar-refractivity contribution in [3.8, 4) is 0 Å². The average Bonchev–Trinajstić information content (AvgIpc) is 3.09. The van der Waals surface area contributed by atoms with E-state index >= 15 is 0 Å². The maximum atomic E-state index is 12.3. The van der Waals surface area contributed by atoms with E-state index in [4.69, 9.17) is 5.73 Å². The van der Waals surface area contributed by atoms with Gasteiger partial charge in [-0.25, -0.2) is 13.1 Å². The number of halogens is 1. The number of nitrogens with one attached hydrogen (secondary N) is 1. The molecule has 0 aromatic heterocycles. The number of sulfonamides is 1. The lowest BCUT2D eigenvalue weighted by Crippen LogP contribution is -2.41. The molecule has 6 heteroatoms. The van der Waals surface area contributed by atoms with Gasteiger partial charge in [-0.3, -0.25) is 0 Å². The van der Waals surface area contributed by atoms with Crippen LogP contribution in [0.4, 0.5) is 0 Å². The number of benzene rings is 1. The molecule has 0 spiro atoms. The lowest BCUT2D eigenvalue weighted by atomic mass is 10.2. The summed E-state index contributed by atoms with van der Waals surface area (Å²) in [4.78, 5) is 0.354. The molecular formula is C13H21ClN2O2S. The second kappa shape index (κ2) is 6.22. The van der Waals surface area contributed by atoms with E-state index in [-0.39, 0.29) is 18.4 Å². The average molecular weight is 305 g/mol. The molecule has 0 amide bonds. The summed E-state index contributed by atoms with van der Waals surface area (Å²) in [7, 11) is -3.45. The van der Waals surface area contributed by atoms with Crippen LogP contribution in [0.2, 0.25) is 0 Å². The van der Waals surface area contributed by atoms with Crippen molar-refractivity contribution in [2.24, 2.45) is 11.7 Å². The minimum Gasteiger partial charge on any atom is -0.329 e. The molecular weight excluding hydrogens is 284 g/mol. The van der Waals surface area contributed by atoms with E-state index in [2.05, 4.69) is 4.72 Å². The van der Waals surface area contributed by atoms with Gasteiger partial charge in [0.2, 0.25) is 10.0 Å². The molecule has 19 heavy (non-hydrogen) atoms. The molecule has 1 aliphatic rings. The zero-order valence-electron chi connectivity index (χ0n) is 11.2. The van der Waals surface area contributed by atoms with Gasteiger partial charge in [-0.15, -0.1) is 12.4 Å². The molecule has 4 nitrogen and oxygen atoms in total. The molecule has 1 unspecified atom stereocenters. The van der Waals surface area contributed by atoms with Crippen LogP contribution in [0.5, 0.6) is 0 Å². The second-order valence-electron chi connectivity index (χ2n) is 5.07. The van der Waals surface area contributed by atoms with Gasteiger partial charge in [0.25, 0.3) is 0 Å². The topological polar surface area (TPSA) is 72.2 Å². The van der Waals surface area contributed by atoms with Crippen LogP contribution in [0.25, 0.3) is 0 Å². The van der Waals surface area contributed by atoms with Crippen molar-refractivity contribution in [1.82, 2.24) is 4.72 Å². The molecule has 0 bridgehead atoms. The normalized spacial score (nSPS) is 16.8. The van der Waals surface area contributed by atoms with Gasteiger partial charge in [0, 0.05) is 12.6 Å². The summed E-state index contributed by atoms with van der Waals surface area (Å²) < 4.78 is 27.3. The van der Waals surface area contributed by atoms with Crippen LogP contribution < -0.4 is 10.5 Å². The Balaban J connectivity index is 0.00000180. The highest BCUT2D eigenvalue weighted by molar-refractivity contribution is 7.89. The molecule has 2 rings (SSSR count). The zero-order chi connectivity index (χ0) is 13.3. The Hall–Kier alpha value is -0.620. The van der Waals surface area contributed by atoms with Crippen LogP contribution in [0, 0.1) is 19.8 Å². The summed E-state index contributed by atoms with van der Waals surface area (Å²) in [5.41, 5.74) is 7.47. The number of nitrogens with two attached hydrogens (primary N) is 1. The quantitative estimate of drug-likeness (QED) is 0.870. The minimum atomic E-state index is -3.45. The van der Waals surface area contributed by atoms with E-state index in [1.165, 1.54) is 0 Å². The molecule has 1 aromatic rings. The standard InChI is InChI=1S/C13H20N2O2S.ClH/c1-9-3-6-13(10(2)7-9)18(16,17)15-12(8-14)11-4-5-11;/h3,6-7,11-12,15H,4-5,8,14H2,1-2H3;1H. The summed E-state index contributed by atoms with van der Waals surface area (Å²) >= 11 is 0. The van der Waals surface area contributed by atoms with E-state index in [1.807, 2.05) is 26.0 Å². The Kier molecular flexibility index (Phi) is 5.38. The smallest absolute Gasteiger partial charge is 0.241 e. The van der Waals surface area contributed by atoms with Crippen LogP contribution >= 0.6 is 12.4 Å². The fourth-order valence-electron chi connectivity index (χ4n) is 2.20. The van der Waals surface area contributed by atoms with Crippen molar-refractivity contribution in [3.05, 3.63) is 29.3 Å². The molecule has 1 saturated carbocycles. The summed E-state index contributed by atoms with van der Waals surface area (Å²) in [6.45, 7) is 4.12. The van der Waals surface area contributed by atoms with Crippen molar-refractivity contribution in [1.29, 1.82) is 0 Å². The highest BCUT2D eigenvalue weighted by Crippen LogP contribution is 2.33. The number of hydrogen-bond acceptors (Lipinski definition) is 3. The van der Waals surface area contributed by atoms with E-state index < -0.39 is 10.0 Å². The van der Waals surface area contributed by atoms with Crippen LogP contribution in [-0.2, 0) is 10.0 Å². The lowest BCUT2D eigenvalue weighted by Gasteiger charge is -2.17. The third-order valence-electron chi connectivity index (χ3n) is 3.37. The molecule has 1 aromatic carbocycles. The van der Waals surface area contributed by atoms with Crippen molar-refractivity contribution in [2.45, 2.75) is 37.6 Å². The van der Waals surface area contributed by atoms with Gasteiger partial charge >= 0.3 is 0 Å². The monoisotopic (exact) mass is 304 g/mol.